The highest BCUT2D eigenvalue weighted by atomic mass is 32.2. The van der Waals surface area contributed by atoms with Gasteiger partial charge >= 0.3 is 0 Å². The van der Waals surface area contributed by atoms with E-state index in [1.54, 1.807) is 0 Å². The second-order valence-corrected chi connectivity index (χ2v) is 8.92. The summed E-state index contributed by atoms with van der Waals surface area (Å²) >= 11 is 1.92. The second-order valence-electron chi connectivity index (χ2n) is 7.75. The normalized spacial score (nSPS) is 17.5. The van der Waals surface area contributed by atoms with Crippen molar-refractivity contribution in [3.63, 3.8) is 0 Å². The first-order valence-electron chi connectivity index (χ1n) is 10.7. The highest BCUT2D eigenvalue weighted by molar-refractivity contribution is 7.99. The van der Waals surface area contributed by atoms with Crippen LogP contribution >= 0.6 is 11.8 Å². The Morgan fingerprint density at radius 1 is 0.700 bits per heavy atom. The van der Waals surface area contributed by atoms with Gasteiger partial charge in [-0.15, -0.1) is 11.8 Å². The van der Waals surface area contributed by atoms with Crippen molar-refractivity contribution in [3.8, 4) is 0 Å². The molecule has 2 unspecified atom stereocenters. The summed E-state index contributed by atoms with van der Waals surface area (Å²) in [4.78, 5) is 6.34. The topological polar surface area (TPSA) is 26.7 Å². The molecule has 3 nitrogen and oxygen atoms in total. The average Bonchev–Trinajstić information content (AvgIpc) is 2.82. The molecular weight excluding hydrogens is 388 g/mol. The van der Waals surface area contributed by atoms with Gasteiger partial charge in [0.05, 0.1) is 12.1 Å². The lowest BCUT2D eigenvalue weighted by atomic mass is 9.94. The molecule has 4 heteroatoms. The van der Waals surface area contributed by atoms with Crippen molar-refractivity contribution in [1.29, 1.82) is 0 Å². The van der Waals surface area contributed by atoms with E-state index in [4.69, 9.17) is 0 Å². The number of hydrogen-bond acceptors (Lipinski definition) is 4. The number of hydrogen-bond donors (Lipinski definition) is 1. The number of aliphatic hydroxyl groups is 1. The van der Waals surface area contributed by atoms with Gasteiger partial charge < -0.3 is 5.11 Å². The lowest BCUT2D eigenvalue weighted by Gasteiger charge is -2.41. The van der Waals surface area contributed by atoms with E-state index >= 15 is 0 Å². The van der Waals surface area contributed by atoms with Crippen LogP contribution in [0.25, 0.3) is 0 Å². The van der Waals surface area contributed by atoms with Gasteiger partial charge in [0.25, 0.3) is 0 Å². The highest BCUT2D eigenvalue weighted by Gasteiger charge is 2.31. The number of piperazine rings is 1. The summed E-state index contributed by atoms with van der Waals surface area (Å²) in [5.74, 6) is 1.11. The minimum Gasteiger partial charge on any atom is -0.386 e. The third kappa shape index (κ3) is 5.52. The molecule has 1 N–H and O–H groups in total. The average molecular weight is 419 g/mol. The Hall–Kier alpha value is -2.11. The van der Waals surface area contributed by atoms with Crippen molar-refractivity contribution >= 4 is 11.8 Å². The molecule has 2 atom stereocenters. The molecule has 0 radical (unpaired) electrons. The fourth-order valence-electron chi connectivity index (χ4n) is 4.15. The Labute approximate surface area is 184 Å². The van der Waals surface area contributed by atoms with Crippen LogP contribution in [-0.2, 0) is 0 Å². The zero-order chi connectivity index (χ0) is 20.6. The first-order chi connectivity index (χ1) is 14.8. The fourth-order valence-corrected chi connectivity index (χ4v) is 5.08. The lowest BCUT2D eigenvalue weighted by molar-refractivity contribution is 0.0178. The van der Waals surface area contributed by atoms with Gasteiger partial charge in [0.15, 0.2) is 0 Å². The monoisotopic (exact) mass is 418 g/mol. The van der Waals surface area contributed by atoms with Gasteiger partial charge in [-0.2, -0.15) is 0 Å². The summed E-state index contributed by atoms with van der Waals surface area (Å²) in [6, 6.07) is 31.1. The molecule has 0 amide bonds. The number of nitrogens with zero attached hydrogens (tertiary/aromatic N) is 2. The second kappa shape index (κ2) is 10.8. The molecule has 156 valence electrons. The van der Waals surface area contributed by atoms with Gasteiger partial charge in [0.1, 0.15) is 0 Å². The predicted molar refractivity (Wildman–Crippen MR) is 126 cm³/mol. The van der Waals surface area contributed by atoms with Gasteiger partial charge in [-0.25, -0.2) is 0 Å². The molecule has 0 saturated carbocycles. The molecule has 1 heterocycles. The molecule has 0 bridgehead atoms. The van der Waals surface area contributed by atoms with Crippen molar-refractivity contribution in [2.24, 2.45) is 0 Å². The van der Waals surface area contributed by atoms with Crippen molar-refractivity contribution in [1.82, 2.24) is 9.80 Å². The Balaban J connectivity index is 1.37. The minimum atomic E-state index is -0.534. The molecule has 0 aromatic heterocycles. The Morgan fingerprint density at radius 2 is 1.23 bits per heavy atom. The number of thioether (sulfide) groups is 1. The third-order valence-electron chi connectivity index (χ3n) is 5.80. The van der Waals surface area contributed by atoms with Crippen LogP contribution in [0.3, 0.4) is 0 Å². The van der Waals surface area contributed by atoms with E-state index in [-0.39, 0.29) is 6.04 Å². The maximum atomic E-state index is 11.3. The van der Waals surface area contributed by atoms with Crippen molar-refractivity contribution < 1.29 is 5.11 Å². The van der Waals surface area contributed by atoms with Gasteiger partial charge in [0.2, 0.25) is 0 Å². The summed E-state index contributed by atoms with van der Waals surface area (Å²) in [5.41, 5.74) is 2.16. The summed E-state index contributed by atoms with van der Waals surface area (Å²) < 4.78 is 0. The molecule has 1 aliphatic rings. The van der Waals surface area contributed by atoms with Gasteiger partial charge in [-0.05, 0) is 23.3 Å². The minimum absolute atomic E-state index is 0.0190. The van der Waals surface area contributed by atoms with Gasteiger partial charge in [-0.1, -0.05) is 78.9 Å². The quantitative estimate of drug-likeness (QED) is 0.528. The lowest BCUT2D eigenvalue weighted by Crippen LogP contribution is -2.49. The molecule has 1 fully saturated rings. The van der Waals surface area contributed by atoms with Crippen molar-refractivity contribution in [2.75, 3.05) is 38.5 Å². The first-order valence-corrected chi connectivity index (χ1v) is 11.7. The molecule has 1 aliphatic heterocycles. The van der Waals surface area contributed by atoms with E-state index in [1.165, 1.54) is 10.5 Å². The van der Waals surface area contributed by atoms with Crippen LogP contribution in [0, 0.1) is 0 Å². The zero-order valence-corrected chi connectivity index (χ0v) is 18.1. The Bertz CT molecular complexity index is 867. The number of aliphatic hydroxyl groups excluding tert-OH is 1. The van der Waals surface area contributed by atoms with Crippen LogP contribution in [0.2, 0.25) is 0 Å². The molecule has 3 aromatic rings. The largest absolute Gasteiger partial charge is 0.386 e. The Kier molecular flexibility index (Phi) is 7.59. The van der Waals surface area contributed by atoms with Crippen LogP contribution in [0.1, 0.15) is 23.3 Å². The predicted octanol–water partition coefficient (Wildman–Crippen LogP) is 4.87. The number of rotatable bonds is 8. The highest BCUT2D eigenvalue weighted by Crippen LogP contribution is 2.34. The third-order valence-corrected chi connectivity index (χ3v) is 6.79. The van der Waals surface area contributed by atoms with E-state index in [9.17, 15) is 5.11 Å². The smallest absolute Gasteiger partial charge is 0.0986 e. The number of benzene rings is 3. The fraction of sp³-hybridized carbons (Fsp3) is 0.308. The van der Waals surface area contributed by atoms with Crippen LogP contribution in [0.5, 0.6) is 0 Å². The Morgan fingerprint density at radius 3 is 1.83 bits per heavy atom. The summed E-state index contributed by atoms with van der Waals surface area (Å²) in [5, 5.41) is 11.3. The molecule has 30 heavy (non-hydrogen) atoms. The summed E-state index contributed by atoms with van der Waals surface area (Å²) in [7, 11) is 0. The van der Waals surface area contributed by atoms with E-state index < -0.39 is 6.10 Å². The van der Waals surface area contributed by atoms with Crippen LogP contribution in [0.4, 0.5) is 0 Å². The molecular formula is C26H30N2OS. The van der Waals surface area contributed by atoms with Gasteiger partial charge in [-0.3, -0.25) is 9.80 Å². The molecule has 4 rings (SSSR count). The maximum Gasteiger partial charge on any atom is 0.0986 e. The van der Waals surface area contributed by atoms with E-state index in [2.05, 4.69) is 64.4 Å². The molecule has 0 spiro atoms. The van der Waals surface area contributed by atoms with Gasteiger partial charge in [0, 0.05) is 43.4 Å². The SMILES string of the molecule is OC(c1ccccc1)C(c1ccccc1)N1CCN(CCSc2ccccc2)CC1. The van der Waals surface area contributed by atoms with Crippen LogP contribution in [-0.4, -0.2) is 53.4 Å². The maximum absolute atomic E-state index is 11.3. The standard InChI is InChI=1S/C26H30N2OS/c29-26(23-12-6-2-7-13-23)25(22-10-4-1-5-11-22)28-18-16-27(17-19-28)20-21-30-24-14-8-3-9-15-24/h1-15,25-26,29H,16-21H2. The van der Waals surface area contributed by atoms with E-state index in [0.29, 0.717) is 0 Å². The zero-order valence-electron chi connectivity index (χ0n) is 17.3. The molecule has 1 saturated heterocycles. The first kappa shape index (κ1) is 21.1. The molecule has 0 aliphatic carbocycles. The van der Waals surface area contributed by atoms with E-state index in [1.807, 2.05) is 48.2 Å². The van der Waals surface area contributed by atoms with Crippen LogP contribution in [0.15, 0.2) is 95.9 Å². The van der Waals surface area contributed by atoms with E-state index in [0.717, 1.165) is 44.0 Å². The summed E-state index contributed by atoms with van der Waals surface area (Å²) in [6.07, 6.45) is -0.534. The molecule has 3 aromatic carbocycles. The van der Waals surface area contributed by atoms with Crippen molar-refractivity contribution in [3.05, 3.63) is 102 Å². The van der Waals surface area contributed by atoms with Crippen LogP contribution < -0.4 is 0 Å². The van der Waals surface area contributed by atoms with Crippen molar-refractivity contribution in [2.45, 2.75) is 17.0 Å². The summed E-state index contributed by atoms with van der Waals surface area (Å²) in [6.45, 7) is 5.13.